The van der Waals surface area contributed by atoms with E-state index in [2.05, 4.69) is 289 Å². The molecule has 1 aromatic heterocycles. The van der Waals surface area contributed by atoms with Crippen LogP contribution in [0.4, 0.5) is 17.1 Å². The summed E-state index contributed by atoms with van der Waals surface area (Å²) in [7, 11) is 0. The van der Waals surface area contributed by atoms with Crippen molar-refractivity contribution in [3.63, 3.8) is 0 Å². The molecule has 2 heteroatoms. The number of rotatable bonds is 9. The summed E-state index contributed by atoms with van der Waals surface area (Å²) >= 11 is 0. The van der Waals surface area contributed by atoms with E-state index < -0.39 is 0 Å². The van der Waals surface area contributed by atoms with Crippen LogP contribution in [0.5, 0.6) is 0 Å². The summed E-state index contributed by atoms with van der Waals surface area (Å²) in [5, 5.41) is 7.55. The summed E-state index contributed by atoms with van der Waals surface area (Å²) in [6.07, 6.45) is 0. The molecule has 2 nitrogen and oxygen atoms in total. The Bertz CT molecular complexity index is 4040. The van der Waals surface area contributed by atoms with Crippen LogP contribution in [0.2, 0.25) is 0 Å². The summed E-state index contributed by atoms with van der Waals surface area (Å²) in [4.78, 5) is 2.42. The Balaban J connectivity index is 0.933. The lowest BCUT2D eigenvalue weighted by Crippen LogP contribution is -2.11. The summed E-state index contributed by atoms with van der Waals surface area (Å²) in [5.74, 6) is 0. The molecule has 0 aliphatic heterocycles. The van der Waals surface area contributed by atoms with E-state index in [1.807, 2.05) is 0 Å². The van der Waals surface area contributed by atoms with Crippen molar-refractivity contribution in [2.24, 2.45) is 0 Å². The molecule has 0 saturated carbocycles. The van der Waals surface area contributed by atoms with Crippen LogP contribution < -0.4 is 4.90 Å². The number of hydrogen-bond acceptors (Lipinski definition) is 1. The van der Waals surface area contributed by atoms with Crippen molar-refractivity contribution in [2.45, 2.75) is 0 Å². The topological polar surface area (TPSA) is 8.17 Å². The molecule has 0 saturated heterocycles. The average Bonchev–Trinajstić information content (AvgIpc) is 3.79. The smallest absolute Gasteiger partial charge is 0.0547 e. The van der Waals surface area contributed by atoms with Crippen molar-refractivity contribution in [1.29, 1.82) is 0 Å². The van der Waals surface area contributed by atoms with Gasteiger partial charge in [0.1, 0.15) is 0 Å². The molecule has 0 fully saturated rings. The van der Waals surface area contributed by atoms with Crippen LogP contribution >= 0.6 is 0 Å². The lowest BCUT2D eigenvalue weighted by atomic mass is 9.94. The second-order valence-corrected chi connectivity index (χ2v) is 18.0. The second-order valence-electron chi connectivity index (χ2n) is 18.0. The maximum Gasteiger partial charge on any atom is 0.0547 e. The Morgan fingerprint density at radius 3 is 1.51 bits per heavy atom. The first-order valence-electron chi connectivity index (χ1n) is 24.1. The van der Waals surface area contributed by atoms with Crippen molar-refractivity contribution in [2.75, 3.05) is 4.90 Å². The normalized spacial score (nSPS) is 11.4. The third kappa shape index (κ3) is 7.22. The van der Waals surface area contributed by atoms with Crippen LogP contribution in [0.1, 0.15) is 0 Å². The lowest BCUT2D eigenvalue weighted by molar-refractivity contribution is 1.18. The zero-order chi connectivity index (χ0) is 46.4. The third-order valence-electron chi connectivity index (χ3n) is 14.0. The number of fused-ring (bicyclic) bond motifs is 6. The zero-order valence-electron chi connectivity index (χ0n) is 38.5. The molecule has 328 valence electrons. The first-order valence-corrected chi connectivity index (χ1v) is 24.1. The largest absolute Gasteiger partial charge is 0.310 e. The van der Waals surface area contributed by atoms with E-state index in [1.165, 1.54) is 87.9 Å². The maximum atomic E-state index is 2.42. The molecule has 1 heterocycles. The van der Waals surface area contributed by atoms with Gasteiger partial charge < -0.3 is 9.47 Å². The maximum absolute atomic E-state index is 2.42. The van der Waals surface area contributed by atoms with E-state index in [4.69, 9.17) is 0 Å². The molecule has 0 aliphatic carbocycles. The number of nitrogens with zero attached hydrogens (tertiary/aromatic N) is 2. The number of aromatic nitrogens is 1. The molecule has 0 unspecified atom stereocenters. The summed E-state index contributed by atoms with van der Waals surface area (Å²) in [6, 6.07) is 102. The third-order valence-corrected chi connectivity index (χ3v) is 14.0. The minimum Gasteiger partial charge on any atom is -0.310 e. The van der Waals surface area contributed by atoms with E-state index in [1.54, 1.807) is 0 Å². The van der Waals surface area contributed by atoms with Gasteiger partial charge in [-0.15, -0.1) is 0 Å². The van der Waals surface area contributed by atoms with Gasteiger partial charge in [-0.2, -0.15) is 0 Å². The average molecular weight is 891 g/mol. The molecule has 0 bridgehead atoms. The fourth-order valence-corrected chi connectivity index (χ4v) is 10.7. The van der Waals surface area contributed by atoms with Gasteiger partial charge in [0.15, 0.2) is 0 Å². The Morgan fingerprint density at radius 2 is 0.757 bits per heavy atom. The molecule has 12 aromatic carbocycles. The Hall–Kier alpha value is -9.24. The standard InChI is InChI=1S/C68H46N2/c1-3-17-48(18-4-1)58-25-9-10-26-60(58)50-37-42-57(43-38-50)69(56-40-35-47(36-41-56)51-39-44-61-54(45-51)34-33-49-19-7-8-24-59(49)61)65-30-13-11-27-62(65)52-20-15-21-53(46-52)63-29-16-32-67-68(63)64-28-12-14-31-66(64)70(67)55-22-5-2-6-23-55/h1-46H. The van der Waals surface area contributed by atoms with Gasteiger partial charge in [0, 0.05) is 33.4 Å². The molecule has 13 aromatic rings. The highest BCUT2D eigenvalue weighted by molar-refractivity contribution is 6.16. The van der Waals surface area contributed by atoms with Gasteiger partial charge in [-0.1, -0.05) is 212 Å². The van der Waals surface area contributed by atoms with Crippen LogP contribution in [0.3, 0.4) is 0 Å². The molecule has 0 atom stereocenters. The van der Waals surface area contributed by atoms with Crippen molar-refractivity contribution in [1.82, 2.24) is 4.57 Å². The highest BCUT2D eigenvalue weighted by Gasteiger charge is 2.20. The summed E-state index contributed by atoms with van der Waals surface area (Å²) in [5.41, 5.74) is 18.7. The Kier molecular flexibility index (Phi) is 10.2. The van der Waals surface area contributed by atoms with Gasteiger partial charge in [-0.25, -0.2) is 0 Å². The quantitative estimate of drug-likeness (QED) is 0.131. The molecule has 0 N–H and O–H groups in total. The van der Waals surface area contributed by atoms with Gasteiger partial charge in [0.05, 0.1) is 16.7 Å². The van der Waals surface area contributed by atoms with Gasteiger partial charge in [-0.3, -0.25) is 0 Å². The molecular weight excluding hydrogens is 845 g/mol. The Morgan fingerprint density at radius 1 is 0.257 bits per heavy atom. The number of benzene rings is 12. The number of hydrogen-bond donors (Lipinski definition) is 0. The van der Waals surface area contributed by atoms with Crippen molar-refractivity contribution >= 4 is 60.4 Å². The van der Waals surface area contributed by atoms with Crippen molar-refractivity contribution in [3.8, 4) is 61.3 Å². The molecule has 0 radical (unpaired) electrons. The van der Waals surface area contributed by atoms with Gasteiger partial charge in [0.25, 0.3) is 0 Å². The molecular formula is C68H46N2. The van der Waals surface area contributed by atoms with Gasteiger partial charge >= 0.3 is 0 Å². The monoisotopic (exact) mass is 890 g/mol. The summed E-state index contributed by atoms with van der Waals surface area (Å²) < 4.78 is 2.39. The lowest BCUT2D eigenvalue weighted by Gasteiger charge is -2.28. The number of para-hydroxylation sites is 3. The van der Waals surface area contributed by atoms with E-state index in [9.17, 15) is 0 Å². The predicted molar refractivity (Wildman–Crippen MR) is 298 cm³/mol. The fourth-order valence-electron chi connectivity index (χ4n) is 10.7. The van der Waals surface area contributed by atoms with E-state index in [0.29, 0.717) is 0 Å². The molecule has 0 spiro atoms. The SMILES string of the molecule is c1ccc(-c2ccccc2-c2ccc(N(c3ccc(-c4ccc5c(ccc6ccccc65)c4)cc3)c3ccccc3-c3cccc(-c4cccc5c4c4ccccc4n5-c4ccccc4)c3)cc2)cc1. The highest BCUT2D eigenvalue weighted by atomic mass is 15.1. The fraction of sp³-hybridized carbons (Fsp3) is 0. The molecule has 70 heavy (non-hydrogen) atoms. The minimum atomic E-state index is 1.08. The van der Waals surface area contributed by atoms with Crippen LogP contribution in [0.25, 0.3) is 105 Å². The summed E-state index contributed by atoms with van der Waals surface area (Å²) in [6.45, 7) is 0. The van der Waals surface area contributed by atoms with Gasteiger partial charge in [-0.05, 0) is 138 Å². The van der Waals surface area contributed by atoms with Crippen molar-refractivity contribution < 1.29 is 0 Å². The van der Waals surface area contributed by atoms with Crippen LogP contribution in [-0.2, 0) is 0 Å². The van der Waals surface area contributed by atoms with Crippen LogP contribution in [0.15, 0.2) is 279 Å². The van der Waals surface area contributed by atoms with Crippen LogP contribution in [0, 0.1) is 0 Å². The van der Waals surface area contributed by atoms with Crippen molar-refractivity contribution in [3.05, 3.63) is 279 Å². The predicted octanol–water partition coefficient (Wildman–Crippen LogP) is 18.9. The van der Waals surface area contributed by atoms with E-state index in [0.717, 1.165) is 33.9 Å². The van der Waals surface area contributed by atoms with E-state index in [-0.39, 0.29) is 0 Å². The minimum absolute atomic E-state index is 1.08. The first kappa shape index (κ1) is 41.0. The number of anilines is 3. The zero-order valence-corrected chi connectivity index (χ0v) is 38.5. The van der Waals surface area contributed by atoms with Crippen LogP contribution in [-0.4, -0.2) is 4.57 Å². The first-order chi connectivity index (χ1) is 34.7. The molecule has 0 amide bonds. The molecule has 13 rings (SSSR count). The van der Waals surface area contributed by atoms with E-state index >= 15 is 0 Å². The van der Waals surface area contributed by atoms with Gasteiger partial charge in [0.2, 0.25) is 0 Å². The highest BCUT2D eigenvalue weighted by Crippen LogP contribution is 2.45. The molecule has 0 aliphatic rings. The second kappa shape index (κ2) is 17.4. The Labute approximate surface area is 408 Å².